The lowest BCUT2D eigenvalue weighted by Crippen LogP contribution is -2.11. The standard InChI is InChI=1S/C22H25NO2S/c1-14(16-8-11-18-20(13-16)25-21(26)23-18)19(24)12-7-15-5-9-17(10-6-15)22(2,3)4/h5-6,8-11,13-14H,7,12H2,1-4H3,(H,23,26). The fourth-order valence-corrected chi connectivity index (χ4v) is 3.27. The van der Waals surface area contributed by atoms with E-state index in [1.165, 1.54) is 11.1 Å². The molecule has 0 spiro atoms. The summed E-state index contributed by atoms with van der Waals surface area (Å²) < 4.78 is 5.45. The van der Waals surface area contributed by atoms with Crippen LogP contribution < -0.4 is 0 Å². The molecule has 0 saturated heterocycles. The largest absolute Gasteiger partial charge is 0.429 e. The summed E-state index contributed by atoms with van der Waals surface area (Å²) in [6.45, 7) is 8.56. The first-order chi connectivity index (χ1) is 12.2. The predicted octanol–water partition coefficient (Wildman–Crippen LogP) is 6.09. The van der Waals surface area contributed by atoms with Gasteiger partial charge in [0, 0.05) is 12.3 Å². The van der Waals surface area contributed by atoms with Crippen molar-refractivity contribution in [1.29, 1.82) is 0 Å². The summed E-state index contributed by atoms with van der Waals surface area (Å²) >= 11 is 5.01. The number of aryl methyl sites for hydroxylation is 1. The Hall–Kier alpha value is -2.20. The quantitative estimate of drug-likeness (QED) is 0.555. The van der Waals surface area contributed by atoms with Crippen molar-refractivity contribution in [3.63, 3.8) is 0 Å². The zero-order chi connectivity index (χ0) is 18.9. The molecule has 0 amide bonds. The molecule has 4 heteroatoms. The van der Waals surface area contributed by atoms with Gasteiger partial charge in [-0.25, -0.2) is 0 Å². The van der Waals surface area contributed by atoms with E-state index in [4.69, 9.17) is 16.6 Å². The summed E-state index contributed by atoms with van der Waals surface area (Å²) in [5.41, 5.74) is 5.18. The van der Waals surface area contributed by atoms with Gasteiger partial charge < -0.3 is 9.40 Å². The molecule has 1 N–H and O–H groups in total. The Balaban J connectivity index is 1.65. The molecule has 3 rings (SSSR count). The third kappa shape index (κ3) is 4.13. The molecule has 0 fully saturated rings. The number of H-pyrrole nitrogens is 1. The first-order valence-corrected chi connectivity index (χ1v) is 9.40. The number of rotatable bonds is 5. The summed E-state index contributed by atoms with van der Waals surface area (Å²) in [6, 6.07) is 14.4. The first kappa shape index (κ1) is 18.6. The van der Waals surface area contributed by atoms with E-state index in [-0.39, 0.29) is 17.1 Å². The number of ketones is 1. The van der Waals surface area contributed by atoms with E-state index in [0.717, 1.165) is 17.5 Å². The zero-order valence-electron chi connectivity index (χ0n) is 15.8. The predicted molar refractivity (Wildman–Crippen MR) is 108 cm³/mol. The Bertz CT molecular complexity index is 974. The van der Waals surface area contributed by atoms with E-state index in [2.05, 4.69) is 50.0 Å². The van der Waals surface area contributed by atoms with Gasteiger partial charge in [-0.1, -0.05) is 58.0 Å². The van der Waals surface area contributed by atoms with Gasteiger partial charge in [-0.05, 0) is 52.9 Å². The Kier molecular flexibility index (Phi) is 5.15. The minimum absolute atomic E-state index is 0.148. The molecule has 3 nitrogen and oxygen atoms in total. The first-order valence-electron chi connectivity index (χ1n) is 8.99. The zero-order valence-corrected chi connectivity index (χ0v) is 16.6. The van der Waals surface area contributed by atoms with Crippen LogP contribution in [0.25, 0.3) is 11.1 Å². The summed E-state index contributed by atoms with van der Waals surface area (Å²) in [5, 5.41) is 0. The molecule has 136 valence electrons. The van der Waals surface area contributed by atoms with Crippen LogP contribution in [0.4, 0.5) is 0 Å². The van der Waals surface area contributed by atoms with Gasteiger partial charge in [-0.2, -0.15) is 0 Å². The highest BCUT2D eigenvalue weighted by Crippen LogP contribution is 2.25. The molecule has 1 heterocycles. The van der Waals surface area contributed by atoms with Crippen LogP contribution in [0.1, 0.15) is 56.7 Å². The van der Waals surface area contributed by atoms with Gasteiger partial charge in [0.05, 0.1) is 5.52 Å². The van der Waals surface area contributed by atoms with Crippen molar-refractivity contribution in [2.24, 2.45) is 0 Å². The van der Waals surface area contributed by atoms with E-state index in [0.29, 0.717) is 16.8 Å². The Morgan fingerprint density at radius 2 is 1.85 bits per heavy atom. The van der Waals surface area contributed by atoms with Crippen LogP contribution in [-0.4, -0.2) is 10.8 Å². The van der Waals surface area contributed by atoms with E-state index >= 15 is 0 Å². The van der Waals surface area contributed by atoms with Gasteiger partial charge in [-0.3, -0.25) is 4.79 Å². The lowest BCUT2D eigenvalue weighted by atomic mass is 9.86. The van der Waals surface area contributed by atoms with E-state index in [9.17, 15) is 4.79 Å². The molecular weight excluding hydrogens is 342 g/mol. The number of oxazole rings is 1. The molecule has 0 bridgehead atoms. The lowest BCUT2D eigenvalue weighted by Gasteiger charge is -2.19. The van der Waals surface area contributed by atoms with Crippen LogP contribution in [-0.2, 0) is 16.6 Å². The number of nitrogens with one attached hydrogen (secondary N) is 1. The molecule has 1 unspecified atom stereocenters. The summed E-state index contributed by atoms with van der Waals surface area (Å²) in [5.74, 6) is 0.0744. The number of hydrogen-bond donors (Lipinski definition) is 1. The van der Waals surface area contributed by atoms with Crippen molar-refractivity contribution in [2.45, 2.75) is 51.9 Å². The van der Waals surface area contributed by atoms with Crippen molar-refractivity contribution < 1.29 is 9.21 Å². The maximum absolute atomic E-state index is 12.6. The molecule has 0 aliphatic rings. The van der Waals surface area contributed by atoms with E-state index < -0.39 is 0 Å². The lowest BCUT2D eigenvalue weighted by molar-refractivity contribution is -0.120. The number of benzene rings is 2. The minimum atomic E-state index is -0.160. The molecule has 0 aliphatic carbocycles. The second kappa shape index (κ2) is 7.20. The van der Waals surface area contributed by atoms with Crippen molar-refractivity contribution in [3.8, 4) is 0 Å². The van der Waals surface area contributed by atoms with Crippen molar-refractivity contribution >= 4 is 29.1 Å². The molecule has 0 radical (unpaired) electrons. The van der Waals surface area contributed by atoms with Crippen LogP contribution in [0.15, 0.2) is 46.9 Å². The number of carbonyl (C=O) groups is 1. The van der Waals surface area contributed by atoms with E-state index in [1.807, 2.05) is 25.1 Å². The van der Waals surface area contributed by atoms with Crippen molar-refractivity contribution in [3.05, 3.63) is 64.0 Å². The van der Waals surface area contributed by atoms with Gasteiger partial charge in [0.1, 0.15) is 5.78 Å². The molecule has 2 aromatic carbocycles. The molecule has 3 aromatic rings. The van der Waals surface area contributed by atoms with Gasteiger partial charge in [0.15, 0.2) is 5.58 Å². The van der Waals surface area contributed by atoms with Crippen LogP contribution in [0.2, 0.25) is 0 Å². The van der Waals surface area contributed by atoms with Crippen molar-refractivity contribution in [2.75, 3.05) is 0 Å². The highest BCUT2D eigenvalue weighted by atomic mass is 32.1. The normalized spacial score (nSPS) is 13.1. The molecular formula is C22H25NO2S. The molecule has 0 saturated carbocycles. The van der Waals surface area contributed by atoms with Gasteiger partial charge in [0.25, 0.3) is 4.84 Å². The van der Waals surface area contributed by atoms with Crippen LogP contribution >= 0.6 is 12.2 Å². The average Bonchev–Trinajstić information content (AvgIpc) is 2.97. The number of carbonyl (C=O) groups excluding carboxylic acids is 1. The van der Waals surface area contributed by atoms with Crippen molar-refractivity contribution in [1.82, 2.24) is 4.98 Å². The van der Waals surface area contributed by atoms with Crippen LogP contribution in [0.5, 0.6) is 0 Å². The smallest absolute Gasteiger partial charge is 0.266 e. The van der Waals surface area contributed by atoms with Gasteiger partial charge >= 0.3 is 0 Å². The molecule has 0 aliphatic heterocycles. The highest BCUT2D eigenvalue weighted by Gasteiger charge is 2.17. The number of Topliss-reactive ketones (excluding diaryl/α,β-unsaturated/α-hetero) is 1. The van der Waals surface area contributed by atoms with Crippen LogP contribution in [0.3, 0.4) is 0 Å². The SMILES string of the molecule is CC(C(=O)CCc1ccc(C(C)(C)C)cc1)c1ccc2[nH]c(=S)oc2c1. The summed E-state index contributed by atoms with van der Waals surface area (Å²) in [4.78, 5) is 16.0. The number of aromatic amines is 1. The maximum atomic E-state index is 12.6. The van der Waals surface area contributed by atoms with Crippen LogP contribution in [0, 0.1) is 4.84 Å². The Labute approximate surface area is 159 Å². The topological polar surface area (TPSA) is 46.0 Å². The fraction of sp³-hybridized carbons (Fsp3) is 0.364. The third-order valence-electron chi connectivity index (χ3n) is 4.91. The molecule has 1 aromatic heterocycles. The average molecular weight is 368 g/mol. The monoisotopic (exact) mass is 367 g/mol. The number of fused-ring (bicyclic) bond motifs is 1. The summed E-state index contributed by atoms with van der Waals surface area (Å²) in [7, 11) is 0. The number of hydrogen-bond acceptors (Lipinski definition) is 3. The molecule has 26 heavy (non-hydrogen) atoms. The highest BCUT2D eigenvalue weighted by molar-refractivity contribution is 7.71. The Morgan fingerprint density at radius 3 is 2.50 bits per heavy atom. The molecule has 1 atom stereocenters. The Morgan fingerprint density at radius 1 is 1.15 bits per heavy atom. The van der Waals surface area contributed by atoms with E-state index in [1.54, 1.807) is 0 Å². The third-order valence-corrected chi connectivity index (χ3v) is 5.09. The maximum Gasteiger partial charge on any atom is 0.266 e. The minimum Gasteiger partial charge on any atom is -0.429 e. The second-order valence-electron chi connectivity index (χ2n) is 7.91. The van der Waals surface area contributed by atoms with Gasteiger partial charge in [0.2, 0.25) is 0 Å². The number of aromatic nitrogens is 1. The second-order valence-corrected chi connectivity index (χ2v) is 8.28. The fourth-order valence-electron chi connectivity index (χ4n) is 3.07. The van der Waals surface area contributed by atoms with Gasteiger partial charge in [-0.15, -0.1) is 0 Å². The summed E-state index contributed by atoms with van der Waals surface area (Å²) in [6.07, 6.45) is 1.30.